The number of hydrogen-bond acceptors (Lipinski definition) is 4. The molecule has 0 saturated heterocycles. The predicted molar refractivity (Wildman–Crippen MR) is 112 cm³/mol. The maximum atomic E-state index is 5.89. The number of nitrogens with one attached hydrogen (secondary N) is 1. The van der Waals surface area contributed by atoms with Crippen LogP contribution in [0.3, 0.4) is 0 Å². The van der Waals surface area contributed by atoms with Gasteiger partial charge in [0.25, 0.3) is 0 Å². The van der Waals surface area contributed by atoms with Gasteiger partial charge in [-0.2, -0.15) is 11.8 Å². The lowest BCUT2D eigenvalue weighted by Crippen LogP contribution is -2.22. The van der Waals surface area contributed by atoms with Crippen LogP contribution in [-0.4, -0.2) is 38.7 Å². The lowest BCUT2D eigenvalue weighted by Gasteiger charge is -2.10. The van der Waals surface area contributed by atoms with Gasteiger partial charge in [-0.05, 0) is 37.0 Å². The first kappa shape index (κ1) is 22.2. The minimum atomic E-state index is 0. The van der Waals surface area contributed by atoms with Crippen molar-refractivity contribution in [3.63, 3.8) is 0 Å². The van der Waals surface area contributed by atoms with Crippen LogP contribution in [0.25, 0.3) is 0 Å². The fourth-order valence-corrected chi connectivity index (χ4v) is 2.51. The van der Waals surface area contributed by atoms with E-state index in [0.29, 0.717) is 17.5 Å². The number of thioether (sulfide) groups is 1. The third-order valence-electron chi connectivity index (χ3n) is 3.19. The predicted octanol–water partition coefficient (Wildman–Crippen LogP) is 3.97. The summed E-state index contributed by atoms with van der Waals surface area (Å²) in [6.45, 7) is 0.755. The van der Waals surface area contributed by atoms with Gasteiger partial charge in [-0.3, -0.25) is 4.99 Å². The average Bonchev–Trinajstić information content (AvgIpc) is 2.53. The summed E-state index contributed by atoms with van der Waals surface area (Å²) >= 11 is 1.90. The first-order valence-corrected chi connectivity index (χ1v) is 8.88. The van der Waals surface area contributed by atoms with Gasteiger partial charge in [0.15, 0.2) is 17.5 Å². The highest BCUT2D eigenvalue weighted by molar-refractivity contribution is 14.0. The second kappa shape index (κ2) is 13.6. The van der Waals surface area contributed by atoms with E-state index in [0.717, 1.165) is 18.7 Å². The van der Waals surface area contributed by atoms with E-state index in [2.05, 4.69) is 16.6 Å². The molecule has 0 amide bonds. The fourth-order valence-electron chi connectivity index (χ4n) is 2.01. The Morgan fingerprint density at radius 1 is 1.13 bits per heavy atom. The zero-order valence-electron chi connectivity index (χ0n) is 14.1. The summed E-state index contributed by atoms with van der Waals surface area (Å²) < 4.78 is 10.5. The van der Waals surface area contributed by atoms with Crippen LogP contribution < -0.4 is 20.5 Å². The highest BCUT2D eigenvalue weighted by Gasteiger charge is 2.04. The van der Waals surface area contributed by atoms with Gasteiger partial charge >= 0.3 is 0 Å². The lowest BCUT2D eigenvalue weighted by molar-refractivity contribution is 0.355. The molecule has 0 spiro atoms. The molecule has 1 aromatic carbocycles. The monoisotopic (exact) mass is 453 g/mol. The number of nitrogens with zero attached hydrogens (tertiary/aromatic N) is 1. The van der Waals surface area contributed by atoms with Crippen LogP contribution in [0.1, 0.15) is 25.7 Å². The molecular formula is C16H28IN3O2S. The van der Waals surface area contributed by atoms with Crippen molar-refractivity contribution in [3.8, 4) is 11.5 Å². The standard InChI is InChI=1S/C16H27N3O2S.HI/c1-20-14-9-8-13(12-15(14)21-2)19-16(17)18-10-6-4-5-7-11-22-3;/h8-9,12H,4-7,10-11H2,1-3H3,(H3,17,18,19);1H. The quantitative estimate of drug-likeness (QED) is 0.243. The Hall–Kier alpha value is -0.830. The molecule has 0 aliphatic heterocycles. The molecule has 0 unspecified atom stereocenters. The molecule has 0 aromatic heterocycles. The van der Waals surface area contributed by atoms with Crippen molar-refractivity contribution in [2.45, 2.75) is 25.7 Å². The molecule has 1 rings (SSSR count). The second-order valence-electron chi connectivity index (χ2n) is 4.87. The second-order valence-corrected chi connectivity index (χ2v) is 5.85. The normalized spacial score (nSPS) is 10.8. The highest BCUT2D eigenvalue weighted by atomic mass is 127. The van der Waals surface area contributed by atoms with Crippen LogP contribution >= 0.6 is 35.7 Å². The first-order valence-electron chi connectivity index (χ1n) is 7.49. The Bertz CT molecular complexity index is 473. The third-order valence-corrected chi connectivity index (χ3v) is 3.89. The van der Waals surface area contributed by atoms with Crippen LogP contribution in [0.4, 0.5) is 5.69 Å². The molecule has 0 heterocycles. The van der Waals surface area contributed by atoms with Gasteiger partial charge in [0.1, 0.15) is 0 Å². The molecule has 0 radical (unpaired) electrons. The van der Waals surface area contributed by atoms with E-state index in [1.54, 1.807) is 14.2 Å². The number of halogens is 1. The Morgan fingerprint density at radius 3 is 2.48 bits per heavy atom. The van der Waals surface area contributed by atoms with Gasteiger partial charge < -0.3 is 20.5 Å². The minimum absolute atomic E-state index is 0. The van der Waals surface area contributed by atoms with E-state index in [1.807, 2.05) is 30.0 Å². The highest BCUT2D eigenvalue weighted by Crippen LogP contribution is 2.29. The number of unbranched alkanes of at least 4 members (excludes halogenated alkanes) is 3. The van der Waals surface area contributed by atoms with E-state index in [1.165, 1.54) is 25.0 Å². The maximum absolute atomic E-state index is 5.89. The van der Waals surface area contributed by atoms with Gasteiger partial charge in [0, 0.05) is 18.3 Å². The smallest absolute Gasteiger partial charge is 0.193 e. The largest absolute Gasteiger partial charge is 0.493 e. The summed E-state index contributed by atoms with van der Waals surface area (Å²) in [5.41, 5.74) is 6.73. The molecule has 7 heteroatoms. The summed E-state index contributed by atoms with van der Waals surface area (Å²) in [5.74, 6) is 3.02. The Morgan fingerprint density at radius 2 is 1.83 bits per heavy atom. The molecule has 0 saturated carbocycles. The van der Waals surface area contributed by atoms with Crippen LogP contribution in [-0.2, 0) is 0 Å². The van der Waals surface area contributed by atoms with E-state index < -0.39 is 0 Å². The zero-order valence-corrected chi connectivity index (χ0v) is 17.3. The molecule has 0 fully saturated rings. The van der Waals surface area contributed by atoms with Crippen molar-refractivity contribution in [1.29, 1.82) is 0 Å². The van der Waals surface area contributed by atoms with Crippen molar-refractivity contribution < 1.29 is 9.47 Å². The summed E-state index contributed by atoms with van der Waals surface area (Å²) in [6, 6.07) is 5.55. The van der Waals surface area contributed by atoms with E-state index in [-0.39, 0.29) is 24.0 Å². The van der Waals surface area contributed by atoms with Gasteiger partial charge in [0.2, 0.25) is 0 Å². The van der Waals surface area contributed by atoms with Crippen LogP contribution in [0.5, 0.6) is 11.5 Å². The van der Waals surface area contributed by atoms with Gasteiger partial charge in [-0.1, -0.05) is 12.8 Å². The van der Waals surface area contributed by atoms with Crippen molar-refractivity contribution in [2.75, 3.05) is 38.1 Å². The third kappa shape index (κ3) is 9.14. The first-order chi connectivity index (χ1) is 10.7. The SMILES string of the molecule is COc1ccc(NC(N)=NCCCCCCSC)cc1OC.I. The molecule has 3 N–H and O–H groups in total. The Balaban J connectivity index is 0.00000484. The number of anilines is 1. The topological polar surface area (TPSA) is 68.9 Å². The number of rotatable bonds is 10. The number of aliphatic imine (C=N–C) groups is 1. The number of hydrogen-bond donors (Lipinski definition) is 2. The van der Waals surface area contributed by atoms with E-state index in [4.69, 9.17) is 15.2 Å². The van der Waals surface area contributed by atoms with E-state index >= 15 is 0 Å². The fraction of sp³-hybridized carbons (Fsp3) is 0.562. The minimum Gasteiger partial charge on any atom is -0.493 e. The van der Waals surface area contributed by atoms with Crippen molar-refractivity contribution in [2.24, 2.45) is 10.7 Å². The van der Waals surface area contributed by atoms with Crippen molar-refractivity contribution in [3.05, 3.63) is 18.2 Å². The molecule has 0 aliphatic rings. The molecule has 5 nitrogen and oxygen atoms in total. The van der Waals surface area contributed by atoms with Crippen LogP contribution in [0.15, 0.2) is 23.2 Å². The maximum Gasteiger partial charge on any atom is 0.193 e. The lowest BCUT2D eigenvalue weighted by atomic mass is 10.2. The molecule has 0 aliphatic carbocycles. The van der Waals surface area contributed by atoms with E-state index in [9.17, 15) is 0 Å². The van der Waals surface area contributed by atoms with Crippen LogP contribution in [0.2, 0.25) is 0 Å². The molecule has 132 valence electrons. The molecule has 23 heavy (non-hydrogen) atoms. The average molecular weight is 453 g/mol. The van der Waals surface area contributed by atoms with Gasteiger partial charge in [-0.25, -0.2) is 0 Å². The van der Waals surface area contributed by atoms with Gasteiger partial charge in [0.05, 0.1) is 14.2 Å². The molecule has 0 atom stereocenters. The number of benzene rings is 1. The van der Waals surface area contributed by atoms with Crippen LogP contribution in [0, 0.1) is 0 Å². The molecule has 0 bridgehead atoms. The number of nitrogens with two attached hydrogens (primary N) is 1. The summed E-state index contributed by atoms with van der Waals surface area (Å²) in [7, 11) is 3.22. The Kier molecular flexibility index (Phi) is 13.1. The summed E-state index contributed by atoms with van der Waals surface area (Å²) in [4.78, 5) is 4.34. The number of methoxy groups -OCH3 is 2. The summed E-state index contributed by atoms with van der Waals surface area (Å²) in [6.07, 6.45) is 6.96. The number of ether oxygens (including phenoxy) is 2. The Labute approximate surface area is 160 Å². The molecule has 1 aromatic rings. The van der Waals surface area contributed by atoms with Crippen molar-refractivity contribution in [1.82, 2.24) is 0 Å². The molecular weight excluding hydrogens is 425 g/mol. The van der Waals surface area contributed by atoms with Gasteiger partial charge in [-0.15, -0.1) is 24.0 Å². The zero-order chi connectivity index (χ0) is 16.2. The van der Waals surface area contributed by atoms with Crippen molar-refractivity contribution >= 4 is 47.4 Å². The summed E-state index contributed by atoms with van der Waals surface area (Å²) in [5, 5.41) is 3.07. The number of guanidine groups is 1.